The second-order valence-electron chi connectivity index (χ2n) is 9.44. The first-order valence-electron chi connectivity index (χ1n) is 11.2. The maximum Gasteiger partial charge on any atom is 0.226 e. The van der Waals surface area contributed by atoms with Crippen LogP contribution < -0.4 is 19.5 Å². The Kier molecular flexibility index (Phi) is 5.31. The molecule has 1 atom stereocenters. The van der Waals surface area contributed by atoms with Crippen LogP contribution in [0.2, 0.25) is 0 Å². The minimum atomic E-state index is -0.404. The molecule has 0 fully saturated rings. The van der Waals surface area contributed by atoms with Crippen LogP contribution in [0.1, 0.15) is 38.3 Å². The van der Waals surface area contributed by atoms with Crippen molar-refractivity contribution < 1.29 is 19.0 Å². The van der Waals surface area contributed by atoms with Crippen molar-refractivity contribution in [3.8, 4) is 28.6 Å². The third kappa shape index (κ3) is 3.79. The second kappa shape index (κ2) is 8.20. The van der Waals surface area contributed by atoms with Crippen molar-refractivity contribution in [2.75, 3.05) is 26.6 Å². The van der Waals surface area contributed by atoms with E-state index in [-0.39, 0.29) is 11.2 Å². The molecule has 8 heteroatoms. The normalized spacial score (nSPS) is 18.6. The van der Waals surface area contributed by atoms with Gasteiger partial charge in [0, 0.05) is 29.3 Å². The average molecular weight is 461 g/mol. The summed E-state index contributed by atoms with van der Waals surface area (Å²) in [6, 6.07) is 12.9. The summed E-state index contributed by atoms with van der Waals surface area (Å²) in [4.78, 5) is 18.2. The van der Waals surface area contributed by atoms with Gasteiger partial charge in [0.25, 0.3) is 0 Å². The van der Waals surface area contributed by atoms with Crippen molar-refractivity contribution >= 4 is 11.7 Å². The van der Waals surface area contributed by atoms with Crippen LogP contribution in [0.15, 0.2) is 53.7 Å². The summed E-state index contributed by atoms with van der Waals surface area (Å²) in [5.41, 5.74) is 3.19. The fourth-order valence-electron chi connectivity index (χ4n) is 4.79. The summed E-state index contributed by atoms with van der Waals surface area (Å²) in [5.74, 6) is 3.24. The number of carbonyl (C=O) groups excluding carboxylic acids is 1. The number of allylic oxidation sites excluding steroid dienone is 2. The summed E-state index contributed by atoms with van der Waals surface area (Å²) >= 11 is 0. The highest BCUT2D eigenvalue weighted by atomic mass is 16.5. The monoisotopic (exact) mass is 460 g/mol. The first-order chi connectivity index (χ1) is 16.3. The van der Waals surface area contributed by atoms with E-state index in [2.05, 4.69) is 19.2 Å². The Balaban J connectivity index is 1.68. The fourth-order valence-corrected chi connectivity index (χ4v) is 4.79. The standard InChI is InChI=1S/C26H28N4O4/c1-26(2)13-20-22(21(31)14-26)23(15-7-6-8-17(9-15)32-3)30-25(27-20)28-24(29-30)16-10-18(33-4)12-19(11-16)34-5/h6-12,23H,13-14H2,1-5H3,(H,27,28,29). The quantitative estimate of drug-likeness (QED) is 0.594. The largest absolute Gasteiger partial charge is 0.497 e. The molecule has 2 aromatic carbocycles. The van der Waals surface area contributed by atoms with Crippen molar-refractivity contribution in [3.63, 3.8) is 0 Å². The molecule has 0 spiro atoms. The Morgan fingerprint density at radius 2 is 1.68 bits per heavy atom. The topological polar surface area (TPSA) is 87.5 Å². The van der Waals surface area contributed by atoms with Crippen LogP contribution in [-0.2, 0) is 4.79 Å². The van der Waals surface area contributed by atoms with Crippen molar-refractivity contribution in [1.82, 2.24) is 14.8 Å². The number of rotatable bonds is 5. The number of carbonyl (C=O) groups is 1. The number of nitrogens with zero attached hydrogens (tertiary/aromatic N) is 3. The lowest BCUT2D eigenvalue weighted by atomic mass is 9.73. The molecular weight excluding hydrogens is 432 g/mol. The molecule has 1 aliphatic heterocycles. The van der Waals surface area contributed by atoms with E-state index in [4.69, 9.17) is 24.3 Å². The zero-order valence-corrected chi connectivity index (χ0v) is 20.0. The second-order valence-corrected chi connectivity index (χ2v) is 9.44. The number of fused-ring (bicyclic) bond motifs is 1. The number of hydrogen-bond donors (Lipinski definition) is 1. The summed E-state index contributed by atoms with van der Waals surface area (Å²) in [6.45, 7) is 4.23. The Bertz CT molecular complexity index is 1290. The maximum absolute atomic E-state index is 13.4. The van der Waals surface area contributed by atoms with Crippen LogP contribution in [0.3, 0.4) is 0 Å². The summed E-state index contributed by atoms with van der Waals surface area (Å²) < 4.78 is 18.1. The van der Waals surface area contributed by atoms with Gasteiger partial charge in [-0.05, 0) is 41.7 Å². The zero-order valence-electron chi connectivity index (χ0n) is 20.0. The third-order valence-corrected chi connectivity index (χ3v) is 6.35. The van der Waals surface area contributed by atoms with E-state index in [0.717, 1.165) is 34.6 Å². The van der Waals surface area contributed by atoms with Gasteiger partial charge in [-0.25, -0.2) is 4.68 Å². The molecule has 2 aliphatic rings. The van der Waals surface area contributed by atoms with E-state index in [1.807, 2.05) is 36.4 Å². The predicted molar refractivity (Wildman–Crippen MR) is 128 cm³/mol. The third-order valence-electron chi connectivity index (χ3n) is 6.35. The Hall–Kier alpha value is -3.81. The van der Waals surface area contributed by atoms with E-state index >= 15 is 0 Å². The minimum Gasteiger partial charge on any atom is -0.497 e. The average Bonchev–Trinajstić information content (AvgIpc) is 3.25. The van der Waals surface area contributed by atoms with Gasteiger partial charge in [0.15, 0.2) is 11.6 Å². The molecule has 34 heavy (non-hydrogen) atoms. The first kappa shape index (κ1) is 22.0. The number of hydrogen-bond acceptors (Lipinski definition) is 7. The summed E-state index contributed by atoms with van der Waals surface area (Å²) in [5, 5.41) is 8.27. The smallest absolute Gasteiger partial charge is 0.226 e. The van der Waals surface area contributed by atoms with Crippen LogP contribution >= 0.6 is 0 Å². The Morgan fingerprint density at radius 1 is 0.971 bits per heavy atom. The molecule has 176 valence electrons. The van der Waals surface area contributed by atoms with Crippen molar-refractivity contribution in [2.24, 2.45) is 5.41 Å². The van der Waals surface area contributed by atoms with Gasteiger partial charge in [-0.2, -0.15) is 4.98 Å². The van der Waals surface area contributed by atoms with Gasteiger partial charge in [-0.15, -0.1) is 5.10 Å². The first-order valence-corrected chi connectivity index (χ1v) is 11.2. The van der Waals surface area contributed by atoms with Crippen LogP contribution in [0.5, 0.6) is 17.2 Å². The minimum absolute atomic E-state index is 0.123. The molecule has 0 saturated heterocycles. The number of ketones is 1. The number of methoxy groups -OCH3 is 3. The number of aromatic nitrogens is 3. The van der Waals surface area contributed by atoms with Crippen molar-refractivity contribution in [2.45, 2.75) is 32.7 Å². The number of benzene rings is 2. The lowest BCUT2D eigenvalue weighted by molar-refractivity contribution is -0.118. The van der Waals surface area contributed by atoms with Crippen LogP contribution in [0.4, 0.5) is 5.95 Å². The van der Waals surface area contributed by atoms with E-state index in [1.54, 1.807) is 32.1 Å². The van der Waals surface area contributed by atoms with E-state index in [0.29, 0.717) is 29.7 Å². The lowest BCUT2D eigenvalue weighted by Gasteiger charge is -2.38. The van der Waals surface area contributed by atoms with Crippen molar-refractivity contribution in [1.29, 1.82) is 0 Å². The number of Topliss-reactive ketones (excluding diaryl/α,β-unsaturated/α-hetero) is 1. The molecule has 1 N–H and O–H groups in total. The van der Waals surface area contributed by atoms with Gasteiger partial charge in [0.2, 0.25) is 5.95 Å². The molecule has 2 heterocycles. The molecule has 3 aromatic rings. The van der Waals surface area contributed by atoms with Crippen LogP contribution in [0.25, 0.3) is 11.4 Å². The SMILES string of the molecule is COc1cc(OC)cc(-c2nc3n(n2)C(c2cccc(OC)c2)C2=C(CC(C)(C)CC2=O)N3)c1. The molecule has 8 nitrogen and oxygen atoms in total. The molecule has 0 amide bonds. The van der Waals surface area contributed by atoms with E-state index < -0.39 is 6.04 Å². The fraction of sp³-hybridized carbons (Fsp3) is 0.346. The molecule has 1 aliphatic carbocycles. The highest BCUT2D eigenvalue weighted by Crippen LogP contribution is 2.46. The van der Waals surface area contributed by atoms with Gasteiger partial charge in [-0.3, -0.25) is 4.79 Å². The predicted octanol–water partition coefficient (Wildman–Crippen LogP) is 4.63. The highest BCUT2D eigenvalue weighted by Gasteiger charge is 2.42. The Morgan fingerprint density at radius 3 is 2.35 bits per heavy atom. The Labute approximate surface area is 198 Å². The maximum atomic E-state index is 13.4. The molecule has 0 bridgehead atoms. The van der Waals surface area contributed by atoms with E-state index in [1.165, 1.54) is 0 Å². The van der Waals surface area contributed by atoms with Crippen LogP contribution in [-0.4, -0.2) is 41.9 Å². The number of anilines is 1. The molecule has 1 unspecified atom stereocenters. The van der Waals surface area contributed by atoms with Gasteiger partial charge in [-0.1, -0.05) is 26.0 Å². The molecule has 0 saturated carbocycles. The number of nitrogens with one attached hydrogen (secondary N) is 1. The van der Waals surface area contributed by atoms with Gasteiger partial charge in [0.1, 0.15) is 23.3 Å². The van der Waals surface area contributed by atoms with Gasteiger partial charge in [0.05, 0.1) is 21.3 Å². The molecule has 0 radical (unpaired) electrons. The molecule has 5 rings (SSSR count). The van der Waals surface area contributed by atoms with Gasteiger partial charge >= 0.3 is 0 Å². The summed E-state index contributed by atoms with van der Waals surface area (Å²) in [7, 11) is 4.85. The number of ether oxygens (including phenoxy) is 3. The van der Waals surface area contributed by atoms with Crippen LogP contribution in [0, 0.1) is 5.41 Å². The molecule has 1 aromatic heterocycles. The molecular formula is C26H28N4O4. The highest BCUT2D eigenvalue weighted by molar-refractivity contribution is 6.00. The van der Waals surface area contributed by atoms with Crippen molar-refractivity contribution in [3.05, 3.63) is 59.3 Å². The zero-order chi connectivity index (χ0) is 24.0. The summed E-state index contributed by atoms with van der Waals surface area (Å²) in [6.07, 6.45) is 1.24. The van der Waals surface area contributed by atoms with Gasteiger partial charge < -0.3 is 19.5 Å². The van der Waals surface area contributed by atoms with E-state index in [9.17, 15) is 4.79 Å². The lowest BCUT2D eigenvalue weighted by Crippen LogP contribution is -2.36.